The predicted octanol–water partition coefficient (Wildman–Crippen LogP) is 4.27. The maximum atomic E-state index is 12.4. The lowest BCUT2D eigenvalue weighted by atomic mass is 9.94. The number of hydrogen-bond donors (Lipinski definition) is 1. The molecule has 1 N–H and O–H groups in total. The number of ether oxygens (including phenoxy) is 1. The minimum absolute atomic E-state index is 0. The molecule has 1 amide bonds. The lowest BCUT2D eigenvalue weighted by Crippen LogP contribution is -2.48. The van der Waals surface area contributed by atoms with Gasteiger partial charge in [0.1, 0.15) is 5.60 Å². The van der Waals surface area contributed by atoms with E-state index in [2.05, 4.69) is 29.1 Å². The van der Waals surface area contributed by atoms with E-state index in [0.717, 1.165) is 57.4 Å². The fraction of sp³-hybridized carbons (Fsp3) is 0.917. The SMILES string of the molecule is CCNC(=NCCC1CCN(C)CC1)N1CCC(CN(CC)C(=O)OC(C)(C)C)CC1.I. The van der Waals surface area contributed by atoms with Crippen LogP contribution in [0.3, 0.4) is 0 Å². The second-order valence-corrected chi connectivity index (χ2v) is 10.2. The largest absolute Gasteiger partial charge is 0.444 e. The molecule has 2 rings (SSSR count). The summed E-state index contributed by atoms with van der Waals surface area (Å²) in [6, 6.07) is 0. The third-order valence-corrected chi connectivity index (χ3v) is 6.40. The van der Waals surface area contributed by atoms with Gasteiger partial charge in [-0.05, 0) is 98.7 Å². The summed E-state index contributed by atoms with van der Waals surface area (Å²) in [5.74, 6) is 2.40. The standard InChI is InChI=1S/C24H47N5O2.HI/c1-7-25-22(26-14-9-20-10-15-27(6)16-11-20)29-17-12-21(13-18-29)19-28(8-2)23(30)31-24(3,4)5;/h20-21H,7-19H2,1-6H3,(H,25,26);1H. The van der Waals surface area contributed by atoms with Crippen molar-refractivity contribution >= 4 is 36.0 Å². The average Bonchev–Trinajstić information content (AvgIpc) is 2.72. The topological polar surface area (TPSA) is 60.4 Å². The lowest BCUT2D eigenvalue weighted by Gasteiger charge is -2.36. The normalized spacial score (nSPS) is 19.4. The van der Waals surface area contributed by atoms with Crippen LogP contribution in [0.25, 0.3) is 0 Å². The highest BCUT2D eigenvalue weighted by molar-refractivity contribution is 14.0. The predicted molar refractivity (Wildman–Crippen MR) is 144 cm³/mol. The monoisotopic (exact) mass is 565 g/mol. The van der Waals surface area contributed by atoms with Crippen LogP contribution in [-0.2, 0) is 4.74 Å². The summed E-state index contributed by atoms with van der Waals surface area (Å²) in [7, 11) is 2.22. The number of carbonyl (C=O) groups excluding carboxylic acids is 1. The zero-order valence-electron chi connectivity index (χ0n) is 21.4. The number of hydrogen-bond acceptors (Lipinski definition) is 4. The van der Waals surface area contributed by atoms with Crippen LogP contribution in [0.1, 0.15) is 66.7 Å². The molecule has 0 aromatic heterocycles. The van der Waals surface area contributed by atoms with Gasteiger partial charge in [-0.1, -0.05) is 0 Å². The molecule has 2 fully saturated rings. The Morgan fingerprint density at radius 2 is 1.66 bits per heavy atom. The van der Waals surface area contributed by atoms with Crippen molar-refractivity contribution in [3.05, 3.63) is 0 Å². The summed E-state index contributed by atoms with van der Waals surface area (Å²) < 4.78 is 5.57. The molecule has 0 aromatic carbocycles. The summed E-state index contributed by atoms with van der Waals surface area (Å²) in [6.07, 6.45) is 5.78. The minimum atomic E-state index is -0.446. The van der Waals surface area contributed by atoms with Crippen LogP contribution >= 0.6 is 24.0 Å². The molecule has 0 aromatic rings. The van der Waals surface area contributed by atoms with Crippen molar-refractivity contribution < 1.29 is 9.53 Å². The van der Waals surface area contributed by atoms with Gasteiger partial charge in [-0.15, -0.1) is 24.0 Å². The van der Waals surface area contributed by atoms with Crippen LogP contribution in [0.5, 0.6) is 0 Å². The molecule has 0 unspecified atom stereocenters. The van der Waals surface area contributed by atoms with Crippen molar-refractivity contribution in [3.8, 4) is 0 Å². The van der Waals surface area contributed by atoms with Crippen molar-refractivity contribution in [2.45, 2.75) is 72.3 Å². The maximum absolute atomic E-state index is 12.4. The first-order valence-electron chi connectivity index (χ1n) is 12.4. The molecular weight excluding hydrogens is 517 g/mol. The molecule has 2 heterocycles. The van der Waals surface area contributed by atoms with E-state index in [-0.39, 0.29) is 30.1 Å². The Balaban J connectivity index is 0.00000512. The highest BCUT2D eigenvalue weighted by Gasteiger charge is 2.27. The fourth-order valence-corrected chi connectivity index (χ4v) is 4.43. The molecule has 0 bridgehead atoms. The molecule has 32 heavy (non-hydrogen) atoms. The number of nitrogens with one attached hydrogen (secondary N) is 1. The van der Waals surface area contributed by atoms with E-state index < -0.39 is 5.60 Å². The van der Waals surface area contributed by atoms with Gasteiger partial charge in [0, 0.05) is 39.3 Å². The molecule has 0 aliphatic carbocycles. The Morgan fingerprint density at radius 1 is 1.06 bits per heavy atom. The fourth-order valence-electron chi connectivity index (χ4n) is 4.43. The summed E-state index contributed by atoms with van der Waals surface area (Å²) >= 11 is 0. The quantitative estimate of drug-likeness (QED) is 0.284. The van der Waals surface area contributed by atoms with Gasteiger partial charge in [-0.2, -0.15) is 0 Å². The summed E-state index contributed by atoms with van der Waals surface area (Å²) in [5.41, 5.74) is -0.446. The van der Waals surface area contributed by atoms with Gasteiger partial charge in [0.05, 0.1) is 0 Å². The molecular formula is C24H48IN5O2. The zero-order chi connectivity index (χ0) is 22.9. The second kappa shape index (κ2) is 14.5. The molecule has 0 radical (unpaired) electrons. The number of aliphatic imine (C=N–C) groups is 1. The Kier molecular flexibility index (Phi) is 13.2. The van der Waals surface area contributed by atoms with Crippen molar-refractivity contribution in [1.29, 1.82) is 0 Å². The molecule has 2 saturated heterocycles. The summed E-state index contributed by atoms with van der Waals surface area (Å²) in [6.45, 7) is 17.7. The number of likely N-dealkylation sites (tertiary alicyclic amines) is 2. The molecule has 8 heteroatoms. The van der Waals surface area contributed by atoms with E-state index in [9.17, 15) is 4.79 Å². The van der Waals surface area contributed by atoms with Crippen molar-refractivity contribution in [3.63, 3.8) is 0 Å². The van der Waals surface area contributed by atoms with Gasteiger partial charge in [0.2, 0.25) is 0 Å². The van der Waals surface area contributed by atoms with E-state index in [4.69, 9.17) is 9.73 Å². The highest BCUT2D eigenvalue weighted by atomic mass is 127. The molecule has 7 nitrogen and oxygen atoms in total. The van der Waals surface area contributed by atoms with Gasteiger partial charge < -0.3 is 24.8 Å². The Labute approximate surface area is 213 Å². The molecule has 2 aliphatic rings. The van der Waals surface area contributed by atoms with E-state index in [1.165, 1.54) is 32.4 Å². The minimum Gasteiger partial charge on any atom is -0.444 e. The van der Waals surface area contributed by atoms with Gasteiger partial charge in [0.15, 0.2) is 5.96 Å². The Morgan fingerprint density at radius 3 is 2.19 bits per heavy atom. The van der Waals surface area contributed by atoms with Gasteiger partial charge >= 0.3 is 6.09 Å². The Bertz CT molecular complexity index is 565. The van der Waals surface area contributed by atoms with Gasteiger partial charge in [0.25, 0.3) is 0 Å². The first-order chi connectivity index (χ1) is 14.7. The van der Waals surface area contributed by atoms with Gasteiger partial charge in [-0.3, -0.25) is 4.99 Å². The number of halogens is 1. The van der Waals surface area contributed by atoms with Crippen molar-refractivity contribution in [2.75, 3.05) is 59.4 Å². The third kappa shape index (κ3) is 10.4. The van der Waals surface area contributed by atoms with E-state index in [1.807, 2.05) is 32.6 Å². The van der Waals surface area contributed by atoms with E-state index in [1.54, 1.807) is 0 Å². The maximum Gasteiger partial charge on any atom is 0.410 e. The number of nitrogens with zero attached hydrogens (tertiary/aromatic N) is 4. The number of piperidine rings is 2. The molecule has 0 saturated carbocycles. The van der Waals surface area contributed by atoms with E-state index >= 15 is 0 Å². The van der Waals surface area contributed by atoms with Crippen molar-refractivity contribution in [2.24, 2.45) is 16.8 Å². The summed E-state index contributed by atoms with van der Waals surface area (Å²) in [5, 5.41) is 3.49. The summed E-state index contributed by atoms with van der Waals surface area (Å²) in [4.78, 5) is 24.1. The van der Waals surface area contributed by atoms with Crippen LogP contribution < -0.4 is 5.32 Å². The van der Waals surface area contributed by atoms with E-state index in [0.29, 0.717) is 12.5 Å². The molecule has 2 aliphatic heterocycles. The average molecular weight is 566 g/mol. The van der Waals surface area contributed by atoms with Crippen LogP contribution in [0, 0.1) is 11.8 Å². The first kappa shape index (κ1) is 29.3. The van der Waals surface area contributed by atoms with Crippen LogP contribution in [0.2, 0.25) is 0 Å². The zero-order valence-corrected chi connectivity index (χ0v) is 23.7. The third-order valence-electron chi connectivity index (χ3n) is 6.40. The van der Waals surface area contributed by atoms with Gasteiger partial charge in [-0.25, -0.2) is 4.79 Å². The molecule has 0 atom stereocenters. The Hall–Kier alpha value is -0.770. The van der Waals surface area contributed by atoms with Crippen molar-refractivity contribution in [1.82, 2.24) is 20.0 Å². The lowest BCUT2D eigenvalue weighted by molar-refractivity contribution is 0.0214. The highest BCUT2D eigenvalue weighted by Crippen LogP contribution is 2.21. The van der Waals surface area contributed by atoms with Crippen LogP contribution in [-0.4, -0.2) is 91.8 Å². The number of rotatable bonds is 7. The molecule has 188 valence electrons. The smallest absolute Gasteiger partial charge is 0.410 e. The van der Waals surface area contributed by atoms with Crippen LogP contribution in [0.4, 0.5) is 4.79 Å². The van der Waals surface area contributed by atoms with Crippen LogP contribution in [0.15, 0.2) is 4.99 Å². The number of carbonyl (C=O) groups is 1. The molecule has 0 spiro atoms. The first-order valence-corrected chi connectivity index (χ1v) is 12.4. The number of guanidine groups is 1. The number of amides is 1. The second-order valence-electron chi connectivity index (χ2n) is 10.2.